The summed E-state index contributed by atoms with van der Waals surface area (Å²) < 4.78 is 5.68. The number of fused-ring (bicyclic) bond motifs is 2. The van der Waals surface area contributed by atoms with Crippen LogP contribution in [0.15, 0.2) is 76.7 Å². The molecule has 3 heterocycles. The van der Waals surface area contributed by atoms with Gasteiger partial charge in [-0.05, 0) is 41.3 Å². The van der Waals surface area contributed by atoms with Crippen molar-refractivity contribution in [2.24, 2.45) is 0 Å². The topological polar surface area (TPSA) is 26.0 Å². The molecule has 2 nitrogen and oxygen atoms in total. The van der Waals surface area contributed by atoms with Gasteiger partial charge in [-0.25, -0.2) is 4.98 Å². The maximum Gasteiger partial charge on any atom is 0.134 e. The van der Waals surface area contributed by atoms with E-state index >= 15 is 0 Å². The van der Waals surface area contributed by atoms with E-state index in [1.165, 1.54) is 5.39 Å². The fourth-order valence-electron chi connectivity index (χ4n) is 3.16. The predicted molar refractivity (Wildman–Crippen MR) is 106 cm³/mol. The number of furan rings is 1. The molecule has 0 aliphatic heterocycles. The average Bonchev–Trinajstić information content (AvgIpc) is 3.27. The summed E-state index contributed by atoms with van der Waals surface area (Å²) in [6.45, 7) is 0. The van der Waals surface area contributed by atoms with Gasteiger partial charge in [0.2, 0.25) is 0 Å². The normalized spacial score (nSPS) is 11.4. The molecule has 116 valence electrons. The molecule has 0 fully saturated rings. The fraction of sp³-hybridized carbons (Fsp3) is 0. The second-order valence-electron chi connectivity index (χ2n) is 6.00. The van der Waals surface area contributed by atoms with E-state index in [9.17, 15) is 0 Å². The Morgan fingerprint density at radius 1 is 0.920 bits per heavy atom. The molecule has 5 rings (SSSR count). The molecule has 0 aliphatic carbocycles. The minimum atomic E-state index is 0.714. The average molecular weight is 337 g/mol. The van der Waals surface area contributed by atoms with E-state index in [2.05, 4.69) is 29.6 Å². The van der Waals surface area contributed by atoms with E-state index in [0.29, 0.717) is 5.46 Å². The van der Waals surface area contributed by atoms with E-state index < -0.39 is 0 Å². The van der Waals surface area contributed by atoms with Gasteiger partial charge in [-0.1, -0.05) is 35.8 Å². The highest BCUT2D eigenvalue weighted by molar-refractivity contribution is 7.16. The molecule has 0 aliphatic rings. The standard InChI is InChI=1S/C21H12BNOS/c22-16-10-14(18-12-24-20-4-2-1-3-17(18)20)9-15(11-16)19-6-5-13-7-8-25-21(13)23-19/h1-12H. The van der Waals surface area contributed by atoms with Gasteiger partial charge < -0.3 is 4.42 Å². The summed E-state index contributed by atoms with van der Waals surface area (Å²) in [4.78, 5) is 5.81. The maximum absolute atomic E-state index is 6.18. The van der Waals surface area contributed by atoms with Crippen molar-refractivity contribution < 1.29 is 4.42 Å². The number of hydrogen-bond acceptors (Lipinski definition) is 3. The van der Waals surface area contributed by atoms with Crippen LogP contribution >= 0.6 is 11.3 Å². The first-order chi connectivity index (χ1) is 12.3. The molecule has 5 aromatic rings. The highest BCUT2D eigenvalue weighted by Crippen LogP contribution is 2.32. The Hall–Kier alpha value is -2.85. The Bertz CT molecular complexity index is 1220. The number of aromatic nitrogens is 1. The van der Waals surface area contributed by atoms with Gasteiger partial charge in [0, 0.05) is 21.9 Å². The van der Waals surface area contributed by atoms with Crippen LogP contribution in [0.1, 0.15) is 0 Å². The van der Waals surface area contributed by atoms with E-state index in [4.69, 9.17) is 17.2 Å². The quantitative estimate of drug-likeness (QED) is 0.415. The first-order valence-corrected chi connectivity index (χ1v) is 8.88. The van der Waals surface area contributed by atoms with E-state index in [1.54, 1.807) is 17.6 Å². The van der Waals surface area contributed by atoms with E-state index in [-0.39, 0.29) is 0 Å². The SMILES string of the molecule is [B]c1cc(-c2ccc3ccsc3n2)cc(-c2coc3ccccc23)c1. The number of thiophene rings is 1. The lowest BCUT2D eigenvalue weighted by Gasteiger charge is -2.07. The Morgan fingerprint density at radius 2 is 1.80 bits per heavy atom. The van der Waals surface area contributed by atoms with Crippen molar-refractivity contribution in [1.29, 1.82) is 0 Å². The number of pyridine rings is 1. The van der Waals surface area contributed by atoms with Crippen molar-refractivity contribution >= 4 is 45.8 Å². The molecule has 0 atom stereocenters. The minimum Gasteiger partial charge on any atom is -0.464 e. The summed E-state index contributed by atoms with van der Waals surface area (Å²) in [6, 6.07) is 20.3. The summed E-state index contributed by atoms with van der Waals surface area (Å²) >= 11 is 1.65. The molecule has 0 unspecified atom stereocenters. The van der Waals surface area contributed by atoms with Gasteiger partial charge in [0.15, 0.2) is 0 Å². The lowest BCUT2D eigenvalue weighted by Crippen LogP contribution is -2.03. The summed E-state index contributed by atoms with van der Waals surface area (Å²) in [5.41, 5.74) is 5.60. The molecule has 25 heavy (non-hydrogen) atoms. The Balaban J connectivity index is 1.69. The van der Waals surface area contributed by atoms with Crippen LogP contribution < -0.4 is 5.46 Å². The summed E-state index contributed by atoms with van der Waals surface area (Å²) in [5, 5.41) is 4.31. The smallest absolute Gasteiger partial charge is 0.134 e. The predicted octanol–water partition coefficient (Wildman–Crippen LogP) is 5.17. The Labute approximate surface area is 150 Å². The number of hydrogen-bond donors (Lipinski definition) is 0. The molecule has 0 saturated carbocycles. The third-order valence-corrected chi connectivity index (χ3v) is 5.18. The molecule has 2 aromatic carbocycles. The van der Waals surface area contributed by atoms with Crippen molar-refractivity contribution in [2.45, 2.75) is 0 Å². The van der Waals surface area contributed by atoms with Gasteiger partial charge in [-0.3, -0.25) is 0 Å². The zero-order valence-corrected chi connectivity index (χ0v) is 14.1. The maximum atomic E-state index is 6.18. The zero-order chi connectivity index (χ0) is 16.8. The van der Waals surface area contributed by atoms with Gasteiger partial charge in [0.05, 0.1) is 12.0 Å². The number of para-hydroxylation sites is 1. The van der Waals surface area contributed by atoms with E-state index in [1.807, 2.05) is 36.4 Å². The Morgan fingerprint density at radius 3 is 2.76 bits per heavy atom. The number of rotatable bonds is 2. The van der Waals surface area contributed by atoms with Gasteiger partial charge in [-0.15, -0.1) is 11.3 Å². The van der Waals surface area contributed by atoms with Crippen molar-refractivity contribution in [3.8, 4) is 22.4 Å². The molecule has 4 heteroatoms. The van der Waals surface area contributed by atoms with Crippen LogP contribution in [0.2, 0.25) is 0 Å². The van der Waals surface area contributed by atoms with E-state index in [0.717, 1.165) is 38.2 Å². The highest BCUT2D eigenvalue weighted by atomic mass is 32.1. The molecular formula is C21H12BNOS. The van der Waals surface area contributed by atoms with Crippen molar-refractivity contribution in [1.82, 2.24) is 4.98 Å². The number of benzene rings is 2. The van der Waals surface area contributed by atoms with Gasteiger partial charge in [0.25, 0.3) is 0 Å². The van der Waals surface area contributed by atoms with Crippen molar-refractivity contribution in [3.05, 3.63) is 72.3 Å². The highest BCUT2D eigenvalue weighted by Gasteiger charge is 2.10. The molecular weight excluding hydrogens is 325 g/mol. The van der Waals surface area contributed by atoms with Gasteiger partial charge in [-0.2, -0.15) is 0 Å². The van der Waals surface area contributed by atoms with Crippen LogP contribution in [0.5, 0.6) is 0 Å². The minimum absolute atomic E-state index is 0.714. The van der Waals surface area contributed by atoms with Gasteiger partial charge in [0.1, 0.15) is 18.3 Å². The molecule has 3 aromatic heterocycles. The second kappa shape index (κ2) is 5.61. The summed E-state index contributed by atoms with van der Waals surface area (Å²) in [5.74, 6) is 0. The summed E-state index contributed by atoms with van der Waals surface area (Å²) in [7, 11) is 6.18. The number of nitrogens with zero attached hydrogens (tertiary/aromatic N) is 1. The van der Waals surface area contributed by atoms with Crippen LogP contribution in [0.25, 0.3) is 43.6 Å². The van der Waals surface area contributed by atoms with Crippen LogP contribution in [-0.2, 0) is 0 Å². The molecule has 0 spiro atoms. The van der Waals surface area contributed by atoms with Crippen LogP contribution in [0.3, 0.4) is 0 Å². The van der Waals surface area contributed by atoms with Crippen LogP contribution in [-0.4, -0.2) is 12.8 Å². The third-order valence-electron chi connectivity index (χ3n) is 4.36. The lowest BCUT2D eigenvalue weighted by atomic mass is 9.89. The second-order valence-corrected chi connectivity index (χ2v) is 6.90. The first kappa shape index (κ1) is 14.5. The Kier molecular flexibility index (Phi) is 3.25. The van der Waals surface area contributed by atoms with Crippen molar-refractivity contribution in [2.75, 3.05) is 0 Å². The van der Waals surface area contributed by atoms with Crippen LogP contribution in [0, 0.1) is 0 Å². The van der Waals surface area contributed by atoms with Crippen molar-refractivity contribution in [3.63, 3.8) is 0 Å². The summed E-state index contributed by atoms with van der Waals surface area (Å²) in [6.07, 6.45) is 1.79. The molecule has 2 radical (unpaired) electrons. The molecule has 0 saturated heterocycles. The largest absolute Gasteiger partial charge is 0.464 e. The molecule has 0 bridgehead atoms. The lowest BCUT2D eigenvalue weighted by molar-refractivity contribution is 0.617. The first-order valence-electron chi connectivity index (χ1n) is 8.00. The third kappa shape index (κ3) is 2.46. The van der Waals surface area contributed by atoms with Crippen LogP contribution in [0.4, 0.5) is 0 Å². The molecule has 0 N–H and O–H groups in total. The molecule has 0 amide bonds. The zero-order valence-electron chi connectivity index (χ0n) is 13.3. The fourth-order valence-corrected chi connectivity index (χ4v) is 3.93. The van der Waals surface area contributed by atoms with Gasteiger partial charge >= 0.3 is 0 Å². The monoisotopic (exact) mass is 337 g/mol.